The molecule has 31 heavy (non-hydrogen) atoms. The van der Waals surface area contributed by atoms with Gasteiger partial charge in [-0.2, -0.15) is 0 Å². The van der Waals surface area contributed by atoms with Gasteiger partial charge in [0.2, 0.25) is 5.91 Å². The summed E-state index contributed by atoms with van der Waals surface area (Å²) in [5.74, 6) is -0.179. The lowest BCUT2D eigenvalue weighted by Gasteiger charge is -2.16. The minimum atomic E-state index is -0.179. The number of nitrogens with one attached hydrogen (secondary N) is 1. The quantitative estimate of drug-likeness (QED) is 0.392. The van der Waals surface area contributed by atoms with E-state index in [-0.39, 0.29) is 18.0 Å². The number of rotatable bonds is 9. The summed E-state index contributed by atoms with van der Waals surface area (Å²) in [6.07, 6.45) is 2.31. The first kappa shape index (κ1) is 21.4. The third-order valence-electron chi connectivity index (χ3n) is 5.00. The molecule has 0 radical (unpaired) electrons. The molecule has 3 heterocycles. The molecule has 6 nitrogen and oxygen atoms in total. The highest BCUT2D eigenvalue weighted by Gasteiger charge is 2.15. The van der Waals surface area contributed by atoms with Gasteiger partial charge in [0, 0.05) is 28.9 Å². The van der Waals surface area contributed by atoms with Gasteiger partial charge in [0.05, 0.1) is 11.7 Å². The maximum atomic E-state index is 13.0. The number of aromatic nitrogens is 2. The van der Waals surface area contributed by atoms with E-state index in [4.69, 9.17) is 0 Å². The molecule has 0 saturated heterocycles. The molecule has 1 amide bonds. The molecule has 0 aliphatic heterocycles. The van der Waals surface area contributed by atoms with Crippen LogP contribution in [-0.4, -0.2) is 40.5 Å². The van der Waals surface area contributed by atoms with Crippen molar-refractivity contribution in [3.05, 3.63) is 75.5 Å². The third kappa shape index (κ3) is 5.28. The number of amides is 1. The van der Waals surface area contributed by atoms with Gasteiger partial charge < -0.3 is 10.2 Å². The molecule has 0 aliphatic rings. The van der Waals surface area contributed by atoms with Crippen molar-refractivity contribution in [1.82, 2.24) is 19.8 Å². The molecule has 0 bridgehead atoms. The highest BCUT2D eigenvalue weighted by atomic mass is 32.1. The Bertz CT molecular complexity index is 1200. The van der Waals surface area contributed by atoms with Gasteiger partial charge >= 0.3 is 0 Å². The maximum absolute atomic E-state index is 13.0. The summed E-state index contributed by atoms with van der Waals surface area (Å²) >= 11 is 3.04. The number of hydrogen-bond donors (Lipinski definition) is 1. The Labute approximate surface area is 188 Å². The highest BCUT2D eigenvalue weighted by molar-refractivity contribution is 7.18. The van der Waals surface area contributed by atoms with Crippen LogP contribution >= 0.6 is 22.7 Å². The molecule has 0 spiro atoms. The number of thiophene rings is 2. The van der Waals surface area contributed by atoms with Gasteiger partial charge in [-0.05, 0) is 37.0 Å². The second-order valence-corrected chi connectivity index (χ2v) is 9.22. The SMILES string of the molecule is CN(CCCNC(=O)Cn1cnc2scc(-c3cccs3)c2c1=O)Cc1ccccc1. The predicted molar refractivity (Wildman–Crippen MR) is 128 cm³/mol. The molecule has 1 N–H and O–H groups in total. The van der Waals surface area contributed by atoms with E-state index in [0.717, 1.165) is 30.0 Å². The van der Waals surface area contributed by atoms with Crippen molar-refractivity contribution in [3.8, 4) is 10.4 Å². The van der Waals surface area contributed by atoms with E-state index in [0.29, 0.717) is 16.8 Å². The zero-order chi connectivity index (χ0) is 21.6. The van der Waals surface area contributed by atoms with Crippen molar-refractivity contribution in [2.75, 3.05) is 20.1 Å². The summed E-state index contributed by atoms with van der Waals surface area (Å²) in [6.45, 7) is 2.30. The summed E-state index contributed by atoms with van der Waals surface area (Å²) in [5.41, 5.74) is 1.99. The first-order valence-corrected chi connectivity index (χ1v) is 11.9. The van der Waals surface area contributed by atoms with E-state index < -0.39 is 0 Å². The highest BCUT2D eigenvalue weighted by Crippen LogP contribution is 2.33. The fraction of sp³-hybridized carbons (Fsp3) is 0.261. The zero-order valence-electron chi connectivity index (χ0n) is 17.3. The summed E-state index contributed by atoms with van der Waals surface area (Å²) in [7, 11) is 2.07. The lowest BCUT2D eigenvalue weighted by molar-refractivity contribution is -0.121. The van der Waals surface area contributed by atoms with Gasteiger partial charge in [-0.1, -0.05) is 36.4 Å². The minimum absolute atomic E-state index is 0.0264. The van der Waals surface area contributed by atoms with Crippen LogP contribution in [0.25, 0.3) is 20.7 Å². The van der Waals surface area contributed by atoms with Crippen molar-refractivity contribution in [2.24, 2.45) is 0 Å². The van der Waals surface area contributed by atoms with Crippen LogP contribution in [0.5, 0.6) is 0 Å². The second-order valence-electron chi connectivity index (χ2n) is 7.41. The lowest BCUT2D eigenvalue weighted by atomic mass is 10.2. The van der Waals surface area contributed by atoms with E-state index in [1.165, 1.54) is 27.8 Å². The van der Waals surface area contributed by atoms with Crippen molar-refractivity contribution >= 4 is 38.8 Å². The summed E-state index contributed by atoms with van der Waals surface area (Å²) in [6, 6.07) is 14.3. The fourth-order valence-electron chi connectivity index (χ4n) is 3.45. The molecule has 0 aliphatic carbocycles. The molecular formula is C23H24N4O2S2. The van der Waals surface area contributed by atoms with Gasteiger partial charge in [0.1, 0.15) is 11.4 Å². The van der Waals surface area contributed by atoms with Crippen LogP contribution in [0.4, 0.5) is 0 Å². The normalized spacial score (nSPS) is 11.3. The number of nitrogens with zero attached hydrogens (tertiary/aromatic N) is 3. The Morgan fingerprint density at radius 2 is 2.00 bits per heavy atom. The van der Waals surface area contributed by atoms with Gasteiger partial charge in [-0.25, -0.2) is 4.98 Å². The number of carbonyl (C=O) groups is 1. The monoisotopic (exact) mass is 452 g/mol. The van der Waals surface area contributed by atoms with Gasteiger partial charge in [-0.3, -0.25) is 14.2 Å². The van der Waals surface area contributed by atoms with Crippen molar-refractivity contribution in [2.45, 2.75) is 19.5 Å². The van der Waals surface area contributed by atoms with Crippen molar-refractivity contribution < 1.29 is 4.79 Å². The first-order chi connectivity index (χ1) is 15.1. The number of carbonyl (C=O) groups excluding carboxylic acids is 1. The average molecular weight is 453 g/mol. The van der Waals surface area contributed by atoms with E-state index >= 15 is 0 Å². The van der Waals surface area contributed by atoms with Crippen LogP contribution in [0.1, 0.15) is 12.0 Å². The van der Waals surface area contributed by atoms with Crippen LogP contribution in [0.15, 0.2) is 64.3 Å². The topological polar surface area (TPSA) is 67.2 Å². The molecular weight excluding hydrogens is 428 g/mol. The smallest absolute Gasteiger partial charge is 0.263 e. The van der Waals surface area contributed by atoms with Crippen LogP contribution in [0.2, 0.25) is 0 Å². The molecule has 8 heteroatoms. The Morgan fingerprint density at radius 1 is 1.16 bits per heavy atom. The molecule has 4 rings (SSSR count). The maximum Gasteiger partial charge on any atom is 0.263 e. The van der Waals surface area contributed by atoms with Crippen LogP contribution in [0.3, 0.4) is 0 Å². The number of fused-ring (bicyclic) bond motifs is 1. The first-order valence-electron chi connectivity index (χ1n) is 10.1. The van der Waals surface area contributed by atoms with Crippen LogP contribution < -0.4 is 10.9 Å². The van der Waals surface area contributed by atoms with Crippen LogP contribution in [0, 0.1) is 0 Å². The number of benzene rings is 1. The van der Waals surface area contributed by atoms with Gasteiger partial charge in [0.25, 0.3) is 5.56 Å². The molecule has 0 fully saturated rings. The average Bonchev–Trinajstić information content (AvgIpc) is 3.44. The minimum Gasteiger partial charge on any atom is -0.354 e. The Kier molecular flexibility index (Phi) is 6.91. The third-order valence-corrected chi connectivity index (χ3v) is 6.78. The van der Waals surface area contributed by atoms with Gasteiger partial charge in [-0.15, -0.1) is 22.7 Å². The van der Waals surface area contributed by atoms with E-state index in [9.17, 15) is 9.59 Å². The van der Waals surface area contributed by atoms with E-state index in [1.54, 1.807) is 11.3 Å². The molecule has 1 aromatic carbocycles. The molecule has 4 aromatic rings. The molecule has 3 aromatic heterocycles. The Balaban J connectivity index is 1.31. The van der Waals surface area contributed by atoms with Crippen LogP contribution in [-0.2, 0) is 17.9 Å². The molecule has 0 saturated carbocycles. The standard InChI is InChI=1S/C23H24N4O2S2/c1-26(13-17-7-3-2-4-8-17)11-6-10-24-20(28)14-27-16-25-22-21(23(27)29)18(15-31-22)19-9-5-12-30-19/h2-5,7-9,12,15-16H,6,10-11,13-14H2,1H3,(H,24,28). The van der Waals surface area contributed by atoms with Crippen molar-refractivity contribution in [3.63, 3.8) is 0 Å². The summed E-state index contributed by atoms with van der Waals surface area (Å²) in [5, 5.41) is 7.45. The van der Waals surface area contributed by atoms with E-state index in [1.807, 2.05) is 41.1 Å². The zero-order valence-corrected chi connectivity index (χ0v) is 18.9. The molecule has 0 unspecified atom stereocenters. The fourth-order valence-corrected chi connectivity index (χ4v) is 5.18. The lowest BCUT2D eigenvalue weighted by Crippen LogP contribution is -2.34. The Morgan fingerprint density at radius 3 is 2.77 bits per heavy atom. The van der Waals surface area contributed by atoms with Gasteiger partial charge in [0.15, 0.2) is 0 Å². The van der Waals surface area contributed by atoms with Crippen molar-refractivity contribution in [1.29, 1.82) is 0 Å². The van der Waals surface area contributed by atoms with E-state index in [2.05, 4.69) is 34.4 Å². The predicted octanol–water partition coefficient (Wildman–Crippen LogP) is 3.82. The summed E-state index contributed by atoms with van der Waals surface area (Å²) in [4.78, 5) is 33.7. The second kappa shape index (κ2) is 10.00. The summed E-state index contributed by atoms with van der Waals surface area (Å²) < 4.78 is 1.39. The largest absolute Gasteiger partial charge is 0.354 e. The molecule has 160 valence electrons. The molecule has 0 atom stereocenters. The Hall–Kier alpha value is -2.81. The number of hydrogen-bond acceptors (Lipinski definition) is 6.